The molecule has 2 nitrogen and oxygen atoms in total. The summed E-state index contributed by atoms with van der Waals surface area (Å²) in [5.74, 6) is 1.02. The summed E-state index contributed by atoms with van der Waals surface area (Å²) in [5.41, 5.74) is 1.17. The molecule has 0 aromatic heterocycles. The van der Waals surface area contributed by atoms with Gasteiger partial charge in [0, 0.05) is 6.04 Å². The van der Waals surface area contributed by atoms with Crippen molar-refractivity contribution >= 4 is 0 Å². The minimum absolute atomic E-state index is 0.225. The van der Waals surface area contributed by atoms with Crippen molar-refractivity contribution < 1.29 is 13.5 Å². The predicted octanol–water partition coefficient (Wildman–Crippen LogP) is 3.61. The highest BCUT2D eigenvalue weighted by Crippen LogP contribution is 2.20. The number of piperidine rings is 1. The number of aryl methyl sites for hydroxylation is 1. The van der Waals surface area contributed by atoms with Gasteiger partial charge >= 0.3 is 6.61 Å². The second-order valence-electron chi connectivity index (χ2n) is 5.34. The van der Waals surface area contributed by atoms with E-state index >= 15 is 0 Å². The molecule has 1 aromatic carbocycles. The fraction of sp³-hybridized carbons (Fsp3) is 0.600. The fourth-order valence-corrected chi connectivity index (χ4v) is 2.62. The van der Waals surface area contributed by atoms with Gasteiger partial charge in [-0.15, -0.1) is 0 Å². The Hall–Kier alpha value is -1.16. The van der Waals surface area contributed by atoms with Gasteiger partial charge in [0.2, 0.25) is 0 Å². The van der Waals surface area contributed by atoms with Crippen LogP contribution in [0.3, 0.4) is 0 Å². The van der Waals surface area contributed by atoms with Crippen LogP contribution in [0, 0.1) is 5.92 Å². The van der Waals surface area contributed by atoms with E-state index in [1.807, 2.05) is 12.1 Å². The van der Waals surface area contributed by atoms with Crippen molar-refractivity contribution in [2.75, 3.05) is 6.54 Å². The largest absolute Gasteiger partial charge is 0.435 e. The third-order valence-electron chi connectivity index (χ3n) is 3.69. The second-order valence-corrected chi connectivity index (χ2v) is 5.34. The zero-order valence-corrected chi connectivity index (χ0v) is 11.2. The Kier molecular flexibility index (Phi) is 5.14. The lowest BCUT2D eigenvalue weighted by Gasteiger charge is -2.28. The topological polar surface area (TPSA) is 21.3 Å². The van der Waals surface area contributed by atoms with Gasteiger partial charge in [-0.05, 0) is 55.8 Å². The maximum Gasteiger partial charge on any atom is 0.387 e. The monoisotopic (exact) mass is 269 g/mol. The van der Waals surface area contributed by atoms with Crippen molar-refractivity contribution in [1.29, 1.82) is 0 Å². The average Bonchev–Trinajstić information content (AvgIpc) is 2.37. The van der Waals surface area contributed by atoms with Gasteiger partial charge in [0.05, 0.1) is 0 Å². The first-order valence-electron chi connectivity index (χ1n) is 6.90. The van der Waals surface area contributed by atoms with Gasteiger partial charge in [0.25, 0.3) is 0 Å². The molecule has 4 heteroatoms. The van der Waals surface area contributed by atoms with Crippen LogP contribution in [0.1, 0.15) is 31.7 Å². The lowest BCUT2D eigenvalue weighted by Crippen LogP contribution is -2.37. The van der Waals surface area contributed by atoms with E-state index in [0.717, 1.165) is 25.3 Å². The maximum atomic E-state index is 12.0. The van der Waals surface area contributed by atoms with Crippen LogP contribution in [-0.2, 0) is 6.42 Å². The summed E-state index contributed by atoms with van der Waals surface area (Å²) >= 11 is 0. The van der Waals surface area contributed by atoms with Crippen molar-refractivity contribution in [1.82, 2.24) is 5.32 Å². The zero-order chi connectivity index (χ0) is 13.7. The van der Waals surface area contributed by atoms with Crippen LogP contribution in [0.15, 0.2) is 24.3 Å². The van der Waals surface area contributed by atoms with Crippen LogP contribution in [0.5, 0.6) is 5.75 Å². The van der Waals surface area contributed by atoms with E-state index < -0.39 is 6.61 Å². The Bertz CT molecular complexity index is 380. The molecule has 1 aromatic rings. The number of hydrogen-bond acceptors (Lipinski definition) is 2. The van der Waals surface area contributed by atoms with E-state index in [9.17, 15) is 8.78 Å². The highest BCUT2D eigenvalue weighted by Gasteiger charge is 2.17. The fourth-order valence-electron chi connectivity index (χ4n) is 2.62. The molecular formula is C15H21F2NO. The Morgan fingerprint density at radius 2 is 2.05 bits per heavy atom. The van der Waals surface area contributed by atoms with E-state index in [1.165, 1.54) is 18.4 Å². The summed E-state index contributed by atoms with van der Waals surface area (Å²) in [6, 6.07) is 7.53. The molecule has 0 aliphatic carbocycles. The highest BCUT2D eigenvalue weighted by atomic mass is 19.3. The first-order valence-corrected chi connectivity index (χ1v) is 6.90. The number of rotatable bonds is 5. The number of nitrogens with one attached hydrogen (secondary N) is 1. The first kappa shape index (κ1) is 14.3. The Labute approximate surface area is 113 Å². The molecule has 0 bridgehead atoms. The van der Waals surface area contributed by atoms with Gasteiger partial charge in [-0.25, -0.2) is 0 Å². The van der Waals surface area contributed by atoms with E-state index in [-0.39, 0.29) is 5.75 Å². The van der Waals surface area contributed by atoms with Gasteiger partial charge in [-0.2, -0.15) is 8.78 Å². The lowest BCUT2D eigenvalue weighted by molar-refractivity contribution is -0.0498. The summed E-state index contributed by atoms with van der Waals surface area (Å²) in [6.45, 7) is 0.649. The summed E-state index contributed by atoms with van der Waals surface area (Å²) in [6.07, 6.45) is 4.56. The molecule has 19 heavy (non-hydrogen) atoms. The molecule has 1 heterocycles. The standard InChI is InChI=1S/C15H21F2NO/c1-11-8-9-18-13(10-11)5-2-12-3-6-14(7-4-12)19-15(16)17/h3-4,6-7,11,13,15,18H,2,5,8-10H2,1H3. The molecule has 106 valence electrons. The smallest absolute Gasteiger partial charge is 0.387 e. The van der Waals surface area contributed by atoms with Crippen molar-refractivity contribution in [3.8, 4) is 5.75 Å². The molecular weight excluding hydrogens is 248 g/mol. The van der Waals surface area contributed by atoms with Crippen molar-refractivity contribution in [3.63, 3.8) is 0 Å². The molecule has 0 radical (unpaired) electrons. The van der Waals surface area contributed by atoms with Gasteiger partial charge in [0.1, 0.15) is 5.75 Å². The molecule has 0 spiro atoms. The van der Waals surface area contributed by atoms with E-state index in [2.05, 4.69) is 17.0 Å². The van der Waals surface area contributed by atoms with Crippen LogP contribution in [0.4, 0.5) is 8.78 Å². The van der Waals surface area contributed by atoms with Gasteiger partial charge in [0.15, 0.2) is 0 Å². The van der Waals surface area contributed by atoms with Crippen LogP contribution in [0.2, 0.25) is 0 Å². The van der Waals surface area contributed by atoms with E-state index in [4.69, 9.17) is 0 Å². The molecule has 0 saturated carbocycles. The number of alkyl halides is 2. The predicted molar refractivity (Wildman–Crippen MR) is 71.6 cm³/mol. The molecule has 2 atom stereocenters. The third kappa shape index (κ3) is 4.78. The molecule has 2 unspecified atom stereocenters. The zero-order valence-electron chi connectivity index (χ0n) is 11.2. The lowest BCUT2D eigenvalue weighted by atomic mass is 9.91. The molecule has 1 saturated heterocycles. The van der Waals surface area contributed by atoms with E-state index in [0.29, 0.717) is 6.04 Å². The van der Waals surface area contributed by atoms with Gasteiger partial charge in [-0.3, -0.25) is 0 Å². The van der Waals surface area contributed by atoms with Crippen molar-refractivity contribution in [2.45, 2.75) is 45.3 Å². The van der Waals surface area contributed by atoms with Crippen LogP contribution >= 0.6 is 0 Å². The molecule has 1 N–H and O–H groups in total. The van der Waals surface area contributed by atoms with Crippen LogP contribution in [-0.4, -0.2) is 19.2 Å². The minimum atomic E-state index is -2.75. The second kappa shape index (κ2) is 6.85. The number of hydrogen-bond donors (Lipinski definition) is 1. The van der Waals surface area contributed by atoms with Crippen LogP contribution < -0.4 is 10.1 Å². The van der Waals surface area contributed by atoms with Crippen molar-refractivity contribution in [3.05, 3.63) is 29.8 Å². The van der Waals surface area contributed by atoms with Crippen LogP contribution in [0.25, 0.3) is 0 Å². The summed E-state index contributed by atoms with van der Waals surface area (Å²) in [4.78, 5) is 0. The minimum Gasteiger partial charge on any atom is -0.435 e. The highest BCUT2D eigenvalue weighted by molar-refractivity contribution is 5.27. The Balaban J connectivity index is 1.79. The van der Waals surface area contributed by atoms with Gasteiger partial charge < -0.3 is 10.1 Å². The summed E-state index contributed by atoms with van der Waals surface area (Å²) in [7, 11) is 0. The Morgan fingerprint density at radius 3 is 2.68 bits per heavy atom. The quantitative estimate of drug-likeness (QED) is 0.881. The summed E-state index contributed by atoms with van der Waals surface area (Å²) in [5, 5.41) is 3.53. The van der Waals surface area contributed by atoms with Crippen molar-refractivity contribution in [2.24, 2.45) is 5.92 Å². The summed E-state index contributed by atoms with van der Waals surface area (Å²) < 4.78 is 28.4. The van der Waals surface area contributed by atoms with E-state index in [1.54, 1.807) is 12.1 Å². The number of halogens is 2. The SMILES string of the molecule is CC1CCNC(CCc2ccc(OC(F)F)cc2)C1. The molecule has 1 aliphatic heterocycles. The maximum absolute atomic E-state index is 12.0. The molecule has 0 amide bonds. The number of benzene rings is 1. The normalized spacial score (nSPS) is 23.6. The number of ether oxygens (including phenoxy) is 1. The van der Waals surface area contributed by atoms with Gasteiger partial charge in [-0.1, -0.05) is 19.1 Å². The molecule has 1 aliphatic rings. The molecule has 1 fully saturated rings. The first-order chi connectivity index (χ1) is 9.13. The Morgan fingerprint density at radius 1 is 1.32 bits per heavy atom. The molecule has 2 rings (SSSR count). The third-order valence-corrected chi connectivity index (χ3v) is 3.69. The average molecular weight is 269 g/mol.